The Balaban J connectivity index is 1.86. The fraction of sp³-hybridized carbons (Fsp3) is 0.118. The topological polar surface area (TPSA) is 64.0 Å². The zero-order valence-corrected chi connectivity index (χ0v) is 15.6. The second-order valence-corrected chi connectivity index (χ2v) is 7.96. The minimum Gasteiger partial charge on any atom is -0.279 e. The Bertz CT molecular complexity index is 1000. The maximum Gasteiger partial charge on any atom is 0.265 e. The van der Waals surface area contributed by atoms with E-state index in [1.165, 1.54) is 18.3 Å². The zero-order chi connectivity index (χ0) is 18.0. The molecule has 130 valence electrons. The summed E-state index contributed by atoms with van der Waals surface area (Å²) < 4.78 is 29.4. The highest BCUT2D eigenvalue weighted by Crippen LogP contribution is 2.27. The van der Waals surface area contributed by atoms with Gasteiger partial charge in [-0.05, 0) is 30.7 Å². The van der Waals surface area contributed by atoms with Crippen LogP contribution < -0.4 is 4.72 Å². The lowest BCUT2D eigenvalue weighted by Crippen LogP contribution is -2.13. The van der Waals surface area contributed by atoms with Gasteiger partial charge in [-0.1, -0.05) is 53.5 Å². The Morgan fingerprint density at radius 1 is 1.08 bits per heavy atom. The van der Waals surface area contributed by atoms with E-state index in [2.05, 4.69) is 9.82 Å². The SMILES string of the molecule is Cc1nn(Cc2ccccc2)cc1S(=O)(=O)Nc1ccc(Cl)c(Cl)c1. The number of halogens is 2. The van der Waals surface area contributed by atoms with E-state index in [9.17, 15) is 8.42 Å². The van der Waals surface area contributed by atoms with Gasteiger partial charge in [-0.15, -0.1) is 0 Å². The van der Waals surface area contributed by atoms with Crippen molar-refractivity contribution in [3.8, 4) is 0 Å². The van der Waals surface area contributed by atoms with Gasteiger partial charge in [0.1, 0.15) is 4.90 Å². The van der Waals surface area contributed by atoms with Crippen LogP contribution in [0.15, 0.2) is 59.6 Å². The van der Waals surface area contributed by atoms with Gasteiger partial charge in [0, 0.05) is 6.20 Å². The van der Waals surface area contributed by atoms with Crippen LogP contribution in [-0.2, 0) is 16.6 Å². The predicted octanol–water partition coefficient (Wildman–Crippen LogP) is 4.35. The molecule has 0 aliphatic carbocycles. The molecule has 0 unspecified atom stereocenters. The number of aryl methyl sites for hydroxylation is 1. The second-order valence-electron chi connectivity index (χ2n) is 5.50. The fourth-order valence-corrected chi connectivity index (χ4v) is 3.92. The smallest absolute Gasteiger partial charge is 0.265 e. The Morgan fingerprint density at radius 3 is 2.48 bits per heavy atom. The van der Waals surface area contributed by atoms with Crippen LogP contribution in [0.3, 0.4) is 0 Å². The van der Waals surface area contributed by atoms with Crippen molar-refractivity contribution in [1.82, 2.24) is 9.78 Å². The summed E-state index contributed by atoms with van der Waals surface area (Å²) >= 11 is 11.8. The molecule has 0 saturated carbocycles. The van der Waals surface area contributed by atoms with Crippen LogP contribution in [0.2, 0.25) is 10.0 Å². The summed E-state index contributed by atoms with van der Waals surface area (Å²) in [5, 5.41) is 4.93. The lowest BCUT2D eigenvalue weighted by Gasteiger charge is -2.08. The molecule has 0 spiro atoms. The number of rotatable bonds is 5. The van der Waals surface area contributed by atoms with E-state index in [1.54, 1.807) is 17.7 Å². The summed E-state index contributed by atoms with van der Waals surface area (Å²) in [6, 6.07) is 14.2. The summed E-state index contributed by atoms with van der Waals surface area (Å²) in [4.78, 5) is 0.120. The zero-order valence-electron chi connectivity index (χ0n) is 13.3. The molecule has 1 N–H and O–H groups in total. The quantitative estimate of drug-likeness (QED) is 0.698. The number of nitrogens with zero attached hydrogens (tertiary/aromatic N) is 2. The van der Waals surface area contributed by atoms with Gasteiger partial charge in [0.25, 0.3) is 10.0 Å². The molecule has 5 nitrogen and oxygen atoms in total. The normalized spacial score (nSPS) is 11.5. The van der Waals surface area contributed by atoms with Gasteiger partial charge in [0.05, 0.1) is 28.0 Å². The summed E-state index contributed by atoms with van der Waals surface area (Å²) in [5.74, 6) is 0. The largest absolute Gasteiger partial charge is 0.279 e. The highest BCUT2D eigenvalue weighted by molar-refractivity contribution is 7.92. The first-order valence-electron chi connectivity index (χ1n) is 7.41. The third-order valence-electron chi connectivity index (χ3n) is 3.55. The molecule has 2 aromatic carbocycles. The average molecular weight is 396 g/mol. The lowest BCUT2D eigenvalue weighted by molar-refractivity contribution is 0.600. The van der Waals surface area contributed by atoms with Gasteiger partial charge in [-0.3, -0.25) is 9.40 Å². The second kappa shape index (κ2) is 7.07. The number of sulfonamides is 1. The maximum atomic E-state index is 12.6. The molecular weight excluding hydrogens is 381 g/mol. The number of aromatic nitrogens is 2. The van der Waals surface area contributed by atoms with E-state index in [4.69, 9.17) is 23.2 Å². The van der Waals surface area contributed by atoms with E-state index in [1.807, 2.05) is 30.3 Å². The Hall–Kier alpha value is -2.02. The van der Waals surface area contributed by atoms with Gasteiger partial charge in [-0.25, -0.2) is 8.42 Å². The van der Waals surface area contributed by atoms with Crippen molar-refractivity contribution in [2.75, 3.05) is 4.72 Å². The van der Waals surface area contributed by atoms with Crippen LogP contribution in [0, 0.1) is 6.92 Å². The first kappa shape index (κ1) is 17.8. The summed E-state index contributed by atoms with van der Waals surface area (Å²) in [6.07, 6.45) is 1.52. The molecule has 0 amide bonds. The van der Waals surface area contributed by atoms with Crippen LogP contribution in [0.5, 0.6) is 0 Å². The Morgan fingerprint density at radius 2 is 1.80 bits per heavy atom. The highest BCUT2D eigenvalue weighted by Gasteiger charge is 2.21. The first-order valence-corrected chi connectivity index (χ1v) is 9.65. The van der Waals surface area contributed by atoms with Crippen LogP contribution in [-0.4, -0.2) is 18.2 Å². The highest BCUT2D eigenvalue weighted by atomic mass is 35.5. The van der Waals surface area contributed by atoms with Crippen LogP contribution >= 0.6 is 23.2 Å². The first-order chi connectivity index (χ1) is 11.8. The molecule has 0 aliphatic rings. The molecule has 0 bridgehead atoms. The average Bonchev–Trinajstić information content (AvgIpc) is 2.93. The van der Waals surface area contributed by atoms with Crippen LogP contribution in [0.4, 0.5) is 5.69 Å². The molecule has 0 atom stereocenters. The summed E-state index contributed by atoms with van der Waals surface area (Å²) in [7, 11) is -3.78. The number of anilines is 1. The van der Waals surface area contributed by atoms with Crippen molar-refractivity contribution in [2.45, 2.75) is 18.4 Å². The molecule has 3 aromatic rings. The molecule has 0 aliphatic heterocycles. The number of benzene rings is 2. The number of nitrogens with one attached hydrogen (secondary N) is 1. The molecule has 0 radical (unpaired) electrons. The summed E-state index contributed by atoms with van der Waals surface area (Å²) in [5.41, 5.74) is 1.79. The molecule has 25 heavy (non-hydrogen) atoms. The van der Waals surface area contributed by atoms with Crippen molar-refractivity contribution in [1.29, 1.82) is 0 Å². The Kier molecular flexibility index (Phi) is 5.03. The minimum atomic E-state index is -3.78. The van der Waals surface area contributed by atoms with Crippen molar-refractivity contribution < 1.29 is 8.42 Å². The fourth-order valence-electron chi connectivity index (χ4n) is 2.38. The van der Waals surface area contributed by atoms with Crippen molar-refractivity contribution in [2.24, 2.45) is 0 Å². The van der Waals surface area contributed by atoms with Crippen molar-refractivity contribution in [3.05, 3.63) is 76.0 Å². The van der Waals surface area contributed by atoms with Gasteiger partial charge >= 0.3 is 0 Å². The predicted molar refractivity (Wildman–Crippen MR) is 99.8 cm³/mol. The lowest BCUT2D eigenvalue weighted by atomic mass is 10.2. The van der Waals surface area contributed by atoms with Gasteiger partial charge < -0.3 is 0 Å². The monoisotopic (exact) mass is 395 g/mol. The Labute approximate surface area is 156 Å². The van der Waals surface area contributed by atoms with Crippen molar-refractivity contribution >= 4 is 38.9 Å². The molecule has 0 fully saturated rings. The standard InChI is InChI=1S/C17H15Cl2N3O2S/c1-12-17(11-22(20-12)10-13-5-3-2-4-6-13)25(23,24)21-14-7-8-15(18)16(19)9-14/h2-9,11,21H,10H2,1H3. The third-order valence-corrected chi connectivity index (χ3v) is 5.77. The van der Waals surface area contributed by atoms with E-state index < -0.39 is 10.0 Å². The van der Waals surface area contributed by atoms with Gasteiger partial charge in [-0.2, -0.15) is 5.10 Å². The number of hydrogen-bond acceptors (Lipinski definition) is 3. The van der Waals surface area contributed by atoms with Gasteiger partial charge in [0.2, 0.25) is 0 Å². The van der Waals surface area contributed by atoms with E-state index >= 15 is 0 Å². The molecule has 3 rings (SSSR count). The molecule has 1 aromatic heterocycles. The van der Waals surface area contributed by atoms with Gasteiger partial charge in [0.15, 0.2) is 0 Å². The van der Waals surface area contributed by atoms with Crippen LogP contribution in [0.1, 0.15) is 11.3 Å². The molecule has 8 heteroatoms. The molecule has 1 heterocycles. The maximum absolute atomic E-state index is 12.6. The van der Waals surface area contributed by atoms with Crippen molar-refractivity contribution in [3.63, 3.8) is 0 Å². The van der Waals surface area contributed by atoms with E-state index in [0.717, 1.165) is 5.56 Å². The van der Waals surface area contributed by atoms with E-state index in [-0.39, 0.29) is 9.92 Å². The summed E-state index contributed by atoms with van der Waals surface area (Å²) in [6.45, 7) is 2.15. The van der Waals surface area contributed by atoms with Crippen LogP contribution in [0.25, 0.3) is 0 Å². The third kappa shape index (κ3) is 4.15. The minimum absolute atomic E-state index is 0.120. The van der Waals surface area contributed by atoms with E-state index in [0.29, 0.717) is 22.9 Å². The molecule has 0 saturated heterocycles. The number of hydrogen-bond donors (Lipinski definition) is 1. The molecular formula is C17H15Cl2N3O2S.